The third-order valence-corrected chi connectivity index (χ3v) is 2.41. The van der Waals surface area contributed by atoms with Gasteiger partial charge in [0.15, 0.2) is 5.84 Å². The molecular formula is C8H15F2N3O. The Morgan fingerprint density at radius 3 is 2.93 bits per heavy atom. The van der Waals surface area contributed by atoms with E-state index in [2.05, 4.69) is 5.16 Å². The van der Waals surface area contributed by atoms with Crippen LogP contribution in [0.4, 0.5) is 8.78 Å². The van der Waals surface area contributed by atoms with Crippen LogP contribution in [-0.4, -0.2) is 42.0 Å². The van der Waals surface area contributed by atoms with E-state index in [-0.39, 0.29) is 12.4 Å². The summed E-state index contributed by atoms with van der Waals surface area (Å²) in [6.07, 6.45) is -0.969. The molecule has 1 heterocycles. The second kappa shape index (κ2) is 5.09. The van der Waals surface area contributed by atoms with Gasteiger partial charge in [0.1, 0.15) is 0 Å². The molecule has 0 saturated carbocycles. The molecule has 1 aliphatic heterocycles. The van der Waals surface area contributed by atoms with Gasteiger partial charge in [0.25, 0.3) is 0 Å². The molecule has 1 saturated heterocycles. The lowest BCUT2D eigenvalue weighted by Gasteiger charge is -2.31. The van der Waals surface area contributed by atoms with Gasteiger partial charge in [-0.25, -0.2) is 8.78 Å². The summed E-state index contributed by atoms with van der Waals surface area (Å²) < 4.78 is 24.8. The molecule has 0 radical (unpaired) electrons. The van der Waals surface area contributed by atoms with Crippen LogP contribution in [0.1, 0.15) is 12.8 Å². The molecule has 1 atom stereocenters. The lowest BCUT2D eigenvalue weighted by atomic mass is 9.99. The van der Waals surface area contributed by atoms with Gasteiger partial charge in [-0.3, -0.25) is 4.90 Å². The first-order valence-electron chi connectivity index (χ1n) is 4.60. The van der Waals surface area contributed by atoms with Gasteiger partial charge in [0, 0.05) is 12.5 Å². The van der Waals surface area contributed by atoms with E-state index in [0.29, 0.717) is 13.0 Å². The molecule has 1 fully saturated rings. The summed E-state index contributed by atoms with van der Waals surface area (Å²) in [5.41, 5.74) is 5.30. The highest BCUT2D eigenvalue weighted by atomic mass is 19.3. The van der Waals surface area contributed by atoms with Crippen molar-refractivity contribution in [3.8, 4) is 0 Å². The smallest absolute Gasteiger partial charge is 0.242 e. The van der Waals surface area contributed by atoms with Gasteiger partial charge < -0.3 is 10.9 Å². The summed E-state index contributed by atoms with van der Waals surface area (Å²) in [6.45, 7) is 1.33. The zero-order valence-corrected chi connectivity index (χ0v) is 7.87. The first-order valence-corrected chi connectivity index (χ1v) is 4.60. The lowest BCUT2D eigenvalue weighted by molar-refractivity contribution is 0.0318. The normalized spacial score (nSPS) is 25.6. The standard InChI is InChI=1S/C8H15F2N3O/c9-8(10)6-2-1-3-13(4-6)5-7(11)12-14/h6,8,14H,1-5H2,(H2,11,12). The van der Waals surface area contributed by atoms with Gasteiger partial charge in [-0.2, -0.15) is 0 Å². The quantitative estimate of drug-likeness (QED) is 0.310. The summed E-state index contributed by atoms with van der Waals surface area (Å²) in [5.74, 6) is -0.504. The Morgan fingerprint density at radius 1 is 1.64 bits per heavy atom. The van der Waals surface area contributed by atoms with E-state index in [1.165, 1.54) is 0 Å². The minimum atomic E-state index is -2.27. The fourth-order valence-electron chi connectivity index (χ4n) is 1.70. The van der Waals surface area contributed by atoms with Crippen molar-refractivity contribution < 1.29 is 14.0 Å². The van der Waals surface area contributed by atoms with Gasteiger partial charge in [-0.1, -0.05) is 5.16 Å². The maximum atomic E-state index is 12.4. The Hall–Kier alpha value is -0.910. The Morgan fingerprint density at radius 2 is 2.36 bits per heavy atom. The van der Waals surface area contributed by atoms with E-state index in [4.69, 9.17) is 10.9 Å². The molecule has 6 heteroatoms. The first kappa shape index (κ1) is 11.2. The topological polar surface area (TPSA) is 61.8 Å². The molecule has 0 bridgehead atoms. The highest BCUT2D eigenvalue weighted by molar-refractivity contribution is 5.81. The van der Waals surface area contributed by atoms with Crippen LogP contribution < -0.4 is 5.73 Å². The first-order chi connectivity index (χ1) is 6.63. The summed E-state index contributed by atoms with van der Waals surface area (Å²) in [5, 5.41) is 11.1. The summed E-state index contributed by atoms with van der Waals surface area (Å²) >= 11 is 0. The van der Waals surface area contributed by atoms with Crippen molar-refractivity contribution in [1.29, 1.82) is 0 Å². The minimum Gasteiger partial charge on any atom is -0.409 e. The Bertz CT molecular complexity index is 211. The molecule has 0 spiro atoms. The molecule has 0 aromatic rings. The zero-order chi connectivity index (χ0) is 10.6. The Kier molecular flexibility index (Phi) is 4.06. The van der Waals surface area contributed by atoms with Crippen molar-refractivity contribution in [2.45, 2.75) is 19.3 Å². The SMILES string of the molecule is N/C(CN1CCCC(C(F)F)C1)=N\O. The number of rotatable bonds is 3. The molecule has 14 heavy (non-hydrogen) atoms. The van der Waals surface area contributed by atoms with Crippen molar-refractivity contribution in [1.82, 2.24) is 4.90 Å². The van der Waals surface area contributed by atoms with Gasteiger partial charge in [0.05, 0.1) is 6.54 Å². The van der Waals surface area contributed by atoms with Crippen LogP contribution in [0.25, 0.3) is 0 Å². The van der Waals surface area contributed by atoms with Gasteiger partial charge in [-0.05, 0) is 19.4 Å². The van der Waals surface area contributed by atoms with E-state index in [0.717, 1.165) is 13.0 Å². The highest BCUT2D eigenvalue weighted by Gasteiger charge is 2.27. The molecule has 0 aliphatic carbocycles. The summed E-state index contributed by atoms with van der Waals surface area (Å²) in [4.78, 5) is 1.79. The molecule has 82 valence electrons. The second-order valence-corrected chi connectivity index (χ2v) is 3.56. The molecular weight excluding hydrogens is 192 g/mol. The van der Waals surface area contributed by atoms with Crippen LogP contribution in [0.2, 0.25) is 0 Å². The number of hydrogen-bond donors (Lipinski definition) is 2. The van der Waals surface area contributed by atoms with Crippen molar-refractivity contribution >= 4 is 5.84 Å². The van der Waals surface area contributed by atoms with Crippen LogP contribution in [0.3, 0.4) is 0 Å². The number of hydrogen-bond acceptors (Lipinski definition) is 3. The summed E-state index contributed by atoms with van der Waals surface area (Å²) in [6, 6.07) is 0. The van der Waals surface area contributed by atoms with Gasteiger partial charge in [0.2, 0.25) is 6.43 Å². The molecule has 0 amide bonds. The minimum absolute atomic E-state index is 0.0694. The molecule has 0 aromatic heterocycles. The molecule has 1 rings (SSSR count). The Labute approximate surface area is 81.4 Å². The monoisotopic (exact) mass is 207 g/mol. The fourth-order valence-corrected chi connectivity index (χ4v) is 1.70. The number of nitrogens with two attached hydrogens (primary N) is 1. The van der Waals surface area contributed by atoms with Crippen LogP contribution in [0, 0.1) is 5.92 Å². The van der Waals surface area contributed by atoms with Crippen LogP contribution in [-0.2, 0) is 0 Å². The number of oxime groups is 1. The van der Waals surface area contributed by atoms with Crippen molar-refractivity contribution in [2.24, 2.45) is 16.8 Å². The van der Waals surface area contributed by atoms with Crippen LogP contribution in [0.15, 0.2) is 5.16 Å². The van der Waals surface area contributed by atoms with Gasteiger partial charge >= 0.3 is 0 Å². The maximum Gasteiger partial charge on any atom is 0.242 e. The number of amidine groups is 1. The van der Waals surface area contributed by atoms with E-state index < -0.39 is 12.3 Å². The molecule has 4 nitrogen and oxygen atoms in total. The van der Waals surface area contributed by atoms with Crippen LogP contribution >= 0.6 is 0 Å². The van der Waals surface area contributed by atoms with Crippen molar-refractivity contribution in [2.75, 3.05) is 19.6 Å². The van der Waals surface area contributed by atoms with Gasteiger partial charge in [-0.15, -0.1) is 0 Å². The predicted molar refractivity (Wildman–Crippen MR) is 48.6 cm³/mol. The van der Waals surface area contributed by atoms with E-state index in [9.17, 15) is 8.78 Å². The Balaban J connectivity index is 2.40. The number of halogens is 2. The van der Waals surface area contributed by atoms with E-state index in [1.807, 2.05) is 0 Å². The van der Waals surface area contributed by atoms with Crippen LogP contribution in [0.5, 0.6) is 0 Å². The number of nitrogens with zero attached hydrogens (tertiary/aromatic N) is 2. The number of likely N-dealkylation sites (tertiary alicyclic amines) is 1. The number of piperidine rings is 1. The summed E-state index contributed by atoms with van der Waals surface area (Å²) in [7, 11) is 0. The lowest BCUT2D eigenvalue weighted by Crippen LogP contribution is -2.42. The molecule has 1 unspecified atom stereocenters. The third kappa shape index (κ3) is 3.10. The highest BCUT2D eigenvalue weighted by Crippen LogP contribution is 2.22. The molecule has 1 aliphatic rings. The van der Waals surface area contributed by atoms with Crippen molar-refractivity contribution in [3.05, 3.63) is 0 Å². The third-order valence-electron chi connectivity index (χ3n) is 2.41. The maximum absolute atomic E-state index is 12.4. The fraction of sp³-hybridized carbons (Fsp3) is 0.875. The molecule has 3 N–H and O–H groups in total. The van der Waals surface area contributed by atoms with E-state index >= 15 is 0 Å². The van der Waals surface area contributed by atoms with Crippen molar-refractivity contribution in [3.63, 3.8) is 0 Å². The molecule has 0 aromatic carbocycles. The average molecular weight is 207 g/mol. The zero-order valence-electron chi connectivity index (χ0n) is 7.87. The largest absolute Gasteiger partial charge is 0.409 e. The second-order valence-electron chi connectivity index (χ2n) is 3.56. The predicted octanol–water partition coefficient (Wildman–Crippen LogP) is 0.710. The number of alkyl halides is 2. The van der Waals surface area contributed by atoms with E-state index in [1.54, 1.807) is 4.90 Å². The average Bonchev–Trinajstić information content (AvgIpc) is 2.18.